The van der Waals surface area contributed by atoms with Crippen LogP contribution in [0.1, 0.15) is 71.1 Å². The number of hydrogen-bond donors (Lipinski definition) is 8. The van der Waals surface area contributed by atoms with Crippen LogP contribution in [0.2, 0.25) is 0 Å². The smallest absolute Gasteiger partial charge is 0.223 e. The van der Waals surface area contributed by atoms with Crippen LogP contribution < -0.4 is 37.4 Å². The zero-order valence-electron chi connectivity index (χ0n) is 24.6. The van der Waals surface area contributed by atoms with Gasteiger partial charge in [-0.05, 0) is 82.8 Å². The number of ether oxygens (including phenoxy) is 1. The minimum atomic E-state index is -0.321. The van der Waals surface area contributed by atoms with Gasteiger partial charge >= 0.3 is 0 Å². The maximum Gasteiger partial charge on any atom is 0.223 e. The number of hydrazine groups is 1. The normalized spacial score (nSPS) is 39.4. The molecule has 11 nitrogen and oxygen atoms in total. The first-order valence-electron chi connectivity index (χ1n) is 16.3. The molecule has 9 unspecified atom stereocenters. The van der Waals surface area contributed by atoms with E-state index < -0.39 is 0 Å². The number of aliphatic hydroxyl groups excluding tert-OH is 1. The van der Waals surface area contributed by atoms with E-state index in [0.29, 0.717) is 30.5 Å². The second kappa shape index (κ2) is 15.5. The highest BCUT2D eigenvalue weighted by Crippen LogP contribution is 2.27. The number of amides is 1. The van der Waals surface area contributed by atoms with Gasteiger partial charge in [0.2, 0.25) is 5.91 Å². The summed E-state index contributed by atoms with van der Waals surface area (Å²) in [6.45, 7) is 9.30. The molecule has 0 bridgehead atoms. The van der Waals surface area contributed by atoms with Crippen molar-refractivity contribution in [2.24, 2.45) is 17.8 Å². The van der Waals surface area contributed by atoms with E-state index in [1.165, 1.54) is 6.42 Å². The standard InChI is InChI=1S/C29H56N8O3/c1-2-20-16-30-11-9-22(20)17-33-29(39)21-5-3-6-23(15-21)32-18-27-35-36-28(24-10-12-31-19-34-24)37(27)13-14-40-26-8-4-7-25(26)38/h20-28,30-32,34-36,38H,2-19H2,1H3,(H,33,39). The van der Waals surface area contributed by atoms with Crippen LogP contribution in [-0.4, -0.2) is 105 Å². The summed E-state index contributed by atoms with van der Waals surface area (Å²) in [6, 6.07) is 0.710. The summed E-state index contributed by atoms with van der Waals surface area (Å²) in [5, 5.41) is 27.8. The van der Waals surface area contributed by atoms with Gasteiger partial charge in [0.15, 0.2) is 0 Å². The van der Waals surface area contributed by atoms with E-state index in [4.69, 9.17) is 4.74 Å². The van der Waals surface area contributed by atoms with Crippen LogP contribution in [0.5, 0.6) is 0 Å². The fourth-order valence-corrected chi connectivity index (χ4v) is 7.66. The van der Waals surface area contributed by atoms with Gasteiger partial charge in [0.1, 0.15) is 0 Å². The lowest BCUT2D eigenvalue weighted by Crippen LogP contribution is -2.59. The number of nitrogens with zero attached hydrogens (tertiary/aromatic N) is 1. The van der Waals surface area contributed by atoms with Crippen LogP contribution in [0.4, 0.5) is 0 Å². The molecule has 5 fully saturated rings. The number of piperidine rings is 1. The Labute approximate surface area is 241 Å². The SMILES string of the molecule is CCC1CNCCC1CNC(=O)C1CCCC(NCC2NNC(C3CCNCN3)N2CCOC2CCCC2O)C1. The third-order valence-electron chi connectivity index (χ3n) is 10.2. The average Bonchev–Trinajstić information content (AvgIpc) is 3.61. The second-order valence-corrected chi connectivity index (χ2v) is 12.8. The van der Waals surface area contributed by atoms with Crippen LogP contribution in [-0.2, 0) is 9.53 Å². The molecule has 0 aromatic rings. The predicted molar refractivity (Wildman–Crippen MR) is 156 cm³/mol. The lowest BCUT2D eigenvalue weighted by molar-refractivity contribution is -0.126. The molecule has 2 saturated carbocycles. The first-order chi connectivity index (χ1) is 19.6. The van der Waals surface area contributed by atoms with Gasteiger partial charge < -0.3 is 31.1 Å². The minimum Gasteiger partial charge on any atom is -0.390 e. The zero-order valence-corrected chi connectivity index (χ0v) is 24.6. The van der Waals surface area contributed by atoms with Crippen molar-refractivity contribution in [3.05, 3.63) is 0 Å². The Morgan fingerprint density at radius 1 is 1.00 bits per heavy atom. The van der Waals surface area contributed by atoms with Crippen LogP contribution in [0.25, 0.3) is 0 Å². The maximum absolute atomic E-state index is 13.1. The molecule has 0 spiro atoms. The van der Waals surface area contributed by atoms with E-state index in [1.807, 2.05) is 0 Å². The molecule has 0 aromatic heterocycles. The van der Waals surface area contributed by atoms with Gasteiger partial charge in [-0.1, -0.05) is 19.8 Å². The largest absolute Gasteiger partial charge is 0.390 e. The molecule has 8 N–H and O–H groups in total. The highest BCUT2D eigenvalue weighted by Gasteiger charge is 2.39. The fraction of sp³-hybridized carbons (Fsp3) is 0.966. The Morgan fingerprint density at radius 2 is 1.88 bits per heavy atom. The third-order valence-corrected chi connectivity index (χ3v) is 10.2. The number of nitrogens with one attached hydrogen (secondary N) is 7. The predicted octanol–water partition coefficient (Wildman–Crippen LogP) is -0.212. The van der Waals surface area contributed by atoms with Gasteiger partial charge in [0.05, 0.1) is 31.1 Å². The molecule has 0 radical (unpaired) electrons. The van der Waals surface area contributed by atoms with Crippen molar-refractivity contribution in [1.82, 2.24) is 42.3 Å². The van der Waals surface area contributed by atoms with Crippen LogP contribution in [0.15, 0.2) is 0 Å². The van der Waals surface area contributed by atoms with Gasteiger partial charge in [-0.3, -0.25) is 15.0 Å². The summed E-state index contributed by atoms with van der Waals surface area (Å²) in [6.07, 6.45) is 10.3. The van der Waals surface area contributed by atoms with Gasteiger partial charge in [-0.25, -0.2) is 10.9 Å². The molecule has 3 aliphatic heterocycles. The zero-order chi connectivity index (χ0) is 27.7. The monoisotopic (exact) mass is 564 g/mol. The van der Waals surface area contributed by atoms with Crippen LogP contribution >= 0.6 is 0 Å². The molecule has 3 saturated heterocycles. The van der Waals surface area contributed by atoms with Crippen molar-refractivity contribution >= 4 is 5.91 Å². The first-order valence-corrected chi connectivity index (χ1v) is 16.3. The van der Waals surface area contributed by atoms with E-state index in [-0.39, 0.29) is 36.4 Å². The Hall–Kier alpha value is -0.890. The quantitative estimate of drug-likeness (QED) is 0.161. The summed E-state index contributed by atoms with van der Waals surface area (Å²) in [5.74, 6) is 1.63. The second-order valence-electron chi connectivity index (χ2n) is 12.8. The van der Waals surface area contributed by atoms with Gasteiger partial charge in [0.25, 0.3) is 0 Å². The fourth-order valence-electron chi connectivity index (χ4n) is 7.66. The number of aliphatic hydroxyl groups is 1. The first kappa shape index (κ1) is 30.6. The van der Waals surface area contributed by atoms with E-state index in [0.717, 1.165) is 104 Å². The molecule has 230 valence electrons. The molecule has 2 aliphatic carbocycles. The number of carbonyl (C=O) groups excluding carboxylic acids is 1. The lowest BCUT2D eigenvalue weighted by atomic mass is 9.83. The Bertz CT molecular complexity index is 772. The summed E-state index contributed by atoms with van der Waals surface area (Å²) < 4.78 is 6.13. The Balaban J connectivity index is 1.09. The summed E-state index contributed by atoms with van der Waals surface area (Å²) >= 11 is 0. The Kier molecular flexibility index (Phi) is 11.9. The Morgan fingerprint density at radius 3 is 2.67 bits per heavy atom. The van der Waals surface area contributed by atoms with E-state index in [2.05, 4.69) is 49.3 Å². The molecule has 40 heavy (non-hydrogen) atoms. The van der Waals surface area contributed by atoms with Crippen LogP contribution in [0, 0.1) is 17.8 Å². The number of hydrogen-bond acceptors (Lipinski definition) is 10. The highest BCUT2D eigenvalue weighted by molar-refractivity contribution is 5.78. The minimum absolute atomic E-state index is 0.0245. The van der Waals surface area contributed by atoms with Crippen molar-refractivity contribution in [2.45, 2.75) is 108 Å². The molecule has 5 rings (SSSR count). The highest BCUT2D eigenvalue weighted by atomic mass is 16.5. The molecular formula is C29H56N8O3. The topological polar surface area (TPSA) is 134 Å². The average molecular weight is 565 g/mol. The van der Waals surface area contributed by atoms with E-state index >= 15 is 0 Å². The molecule has 11 heteroatoms. The molecule has 9 atom stereocenters. The number of carbonyl (C=O) groups is 1. The van der Waals surface area contributed by atoms with Crippen molar-refractivity contribution in [1.29, 1.82) is 0 Å². The molecule has 0 aromatic carbocycles. The van der Waals surface area contributed by atoms with Gasteiger partial charge in [-0.15, -0.1) is 0 Å². The van der Waals surface area contributed by atoms with Crippen molar-refractivity contribution < 1.29 is 14.6 Å². The van der Waals surface area contributed by atoms with Crippen molar-refractivity contribution in [3.63, 3.8) is 0 Å². The summed E-state index contributed by atoms with van der Waals surface area (Å²) in [5.41, 5.74) is 7.10. The van der Waals surface area contributed by atoms with Crippen molar-refractivity contribution in [3.8, 4) is 0 Å². The lowest BCUT2D eigenvalue weighted by Gasteiger charge is -2.37. The molecule has 1 amide bonds. The van der Waals surface area contributed by atoms with Gasteiger partial charge in [-0.2, -0.15) is 0 Å². The van der Waals surface area contributed by atoms with Crippen LogP contribution in [0.3, 0.4) is 0 Å². The number of rotatable bonds is 12. The maximum atomic E-state index is 13.1. The molecular weight excluding hydrogens is 508 g/mol. The summed E-state index contributed by atoms with van der Waals surface area (Å²) in [7, 11) is 0. The van der Waals surface area contributed by atoms with E-state index in [1.54, 1.807) is 0 Å². The summed E-state index contributed by atoms with van der Waals surface area (Å²) in [4.78, 5) is 15.6. The molecule has 3 heterocycles. The molecule has 5 aliphatic rings. The van der Waals surface area contributed by atoms with E-state index in [9.17, 15) is 9.90 Å². The third kappa shape index (κ3) is 8.14. The van der Waals surface area contributed by atoms with Gasteiger partial charge in [0, 0.05) is 44.3 Å². The van der Waals surface area contributed by atoms with Crippen molar-refractivity contribution in [2.75, 3.05) is 52.5 Å².